The van der Waals surface area contributed by atoms with E-state index in [0.717, 1.165) is 55.8 Å². The Bertz CT molecular complexity index is 767. The Morgan fingerprint density at radius 1 is 1.00 bits per heavy atom. The van der Waals surface area contributed by atoms with Gasteiger partial charge in [0.15, 0.2) is 6.29 Å². The summed E-state index contributed by atoms with van der Waals surface area (Å²) in [6.07, 6.45) is 5.07. The molecule has 2 heterocycles. The van der Waals surface area contributed by atoms with E-state index in [-0.39, 0.29) is 19.0 Å². The van der Waals surface area contributed by atoms with Crippen LogP contribution in [0.25, 0.3) is 0 Å². The summed E-state index contributed by atoms with van der Waals surface area (Å²) in [5, 5.41) is 18.4. The average Bonchev–Trinajstić information content (AvgIpc) is 3.39. The van der Waals surface area contributed by atoms with Crippen molar-refractivity contribution in [3.63, 3.8) is 0 Å². The molecule has 2 saturated heterocycles. The molecule has 0 radical (unpaired) electrons. The molecule has 0 amide bonds. The van der Waals surface area contributed by atoms with Crippen LogP contribution < -0.4 is 0 Å². The lowest BCUT2D eigenvalue weighted by Gasteiger charge is -2.28. The highest BCUT2D eigenvalue weighted by atomic mass is 16.7. The number of ether oxygens (including phenoxy) is 3. The van der Waals surface area contributed by atoms with E-state index in [0.29, 0.717) is 5.56 Å². The van der Waals surface area contributed by atoms with Crippen LogP contribution in [0.2, 0.25) is 0 Å². The van der Waals surface area contributed by atoms with Gasteiger partial charge in [0.25, 0.3) is 0 Å². The quantitative estimate of drug-likeness (QED) is 0.808. The predicted octanol–water partition coefficient (Wildman–Crippen LogP) is 4.48. The van der Waals surface area contributed by atoms with Gasteiger partial charge in [0.1, 0.15) is 6.10 Å². The highest BCUT2D eigenvalue weighted by molar-refractivity contribution is 5.38. The van der Waals surface area contributed by atoms with Crippen LogP contribution >= 0.6 is 0 Å². The van der Waals surface area contributed by atoms with Crippen LogP contribution in [0.15, 0.2) is 48.5 Å². The highest BCUT2D eigenvalue weighted by Gasteiger charge is 2.23. The van der Waals surface area contributed by atoms with E-state index in [2.05, 4.69) is 6.07 Å². The monoisotopic (exact) mass is 395 g/mol. The molecule has 2 aliphatic rings. The fourth-order valence-corrected chi connectivity index (χ4v) is 3.40. The van der Waals surface area contributed by atoms with Crippen molar-refractivity contribution in [1.29, 1.82) is 5.26 Å². The molecule has 5 heteroatoms. The first-order chi connectivity index (χ1) is 14.3. The third-order valence-corrected chi connectivity index (χ3v) is 5.04. The number of rotatable bonds is 5. The second-order valence-electron chi connectivity index (χ2n) is 7.27. The van der Waals surface area contributed by atoms with E-state index in [1.807, 2.05) is 42.5 Å². The van der Waals surface area contributed by atoms with Crippen molar-refractivity contribution in [2.45, 2.75) is 51.1 Å². The standard InChI is InChI=1S/C20H21NO3.C4H8O/c21-13-16-4-3-5-18(12-16)20(24-19-6-1-2-11-23-19)17-9-7-15(14-22)8-10-17;1-2-4-5-3-1/h3-5,7-10,12,19-20,22H,1-2,6,11,14H2;1-4H2. The van der Waals surface area contributed by atoms with E-state index in [9.17, 15) is 5.11 Å². The average molecular weight is 395 g/mol. The minimum absolute atomic E-state index is 0.0153. The second kappa shape index (κ2) is 11.7. The zero-order chi connectivity index (χ0) is 20.3. The third-order valence-electron chi connectivity index (χ3n) is 5.04. The Hall–Kier alpha value is -2.23. The second-order valence-corrected chi connectivity index (χ2v) is 7.27. The molecule has 154 valence electrons. The van der Waals surface area contributed by atoms with Gasteiger partial charge >= 0.3 is 0 Å². The molecule has 2 unspecified atom stereocenters. The van der Waals surface area contributed by atoms with Crippen molar-refractivity contribution in [3.8, 4) is 6.07 Å². The molecule has 1 N–H and O–H groups in total. The minimum atomic E-state index is -0.297. The molecule has 2 atom stereocenters. The van der Waals surface area contributed by atoms with Crippen molar-refractivity contribution in [3.05, 3.63) is 70.8 Å². The topological polar surface area (TPSA) is 71.7 Å². The van der Waals surface area contributed by atoms with E-state index < -0.39 is 0 Å². The Balaban J connectivity index is 0.000000419. The number of hydrogen-bond acceptors (Lipinski definition) is 5. The molecule has 2 aromatic carbocycles. The number of hydrogen-bond donors (Lipinski definition) is 1. The first-order valence-electron chi connectivity index (χ1n) is 10.3. The van der Waals surface area contributed by atoms with Crippen LogP contribution in [-0.2, 0) is 20.8 Å². The van der Waals surface area contributed by atoms with Gasteiger partial charge in [-0.05, 0) is 60.9 Å². The van der Waals surface area contributed by atoms with Crippen molar-refractivity contribution in [1.82, 2.24) is 0 Å². The van der Waals surface area contributed by atoms with Gasteiger partial charge in [-0.1, -0.05) is 36.4 Å². The molecule has 0 aliphatic carbocycles. The summed E-state index contributed by atoms with van der Waals surface area (Å²) in [6.45, 7) is 2.74. The van der Waals surface area contributed by atoms with Crippen LogP contribution in [0.3, 0.4) is 0 Å². The summed E-state index contributed by atoms with van der Waals surface area (Å²) in [4.78, 5) is 0. The summed E-state index contributed by atoms with van der Waals surface area (Å²) >= 11 is 0. The molecule has 4 rings (SSSR count). The molecule has 2 fully saturated rings. The van der Waals surface area contributed by atoms with Gasteiger partial charge in [0.2, 0.25) is 0 Å². The number of benzene rings is 2. The zero-order valence-electron chi connectivity index (χ0n) is 16.8. The highest BCUT2D eigenvalue weighted by Crippen LogP contribution is 2.30. The first-order valence-corrected chi connectivity index (χ1v) is 10.3. The van der Waals surface area contributed by atoms with Crippen LogP contribution in [0.5, 0.6) is 0 Å². The molecule has 0 saturated carbocycles. The number of aliphatic hydroxyl groups excluding tert-OH is 1. The molecule has 0 spiro atoms. The maximum atomic E-state index is 9.23. The smallest absolute Gasteiger partial charge is 0.158 e. The molecule has 2 aromatic rings. The van der Waals surface area contributed by atoms with E-state index in [4.69, 9.17) is 19.5 Å². The molecule has 0 bridgehead atoms. The molecule has 5 nitrogen and oxygen atoms in total. The van der Waals surface area contributed by atoms with Gasteiger partial charge in [0.05, 0.1) is 18.2 Å². The maximum absolute atomic E-state index is 9.23. The SMILES string of the molecule is C1CCOC1.N#Cc1cccc(C(OC2CCCCO2)c2ccc(CO)cc2)c1. The fraction of sp³-hybridized carbons (Fsp3) is 0.458. The summed E-state index contributed by atoms with van der Waals surface area (Å²) in [5.74, 6) is 0. The molecule has 0 aromatic heterocycles. The van der Waals surface area contributed by atoms with Crippen LogP contribution in [0, 0.1) is 11.3 Å². The Kier molecular flexibility index (Phi) is 8.66. The molecular weight excluding hydrogens is 366 g/mol. The van der Waals surface area contributed by atoms with Gasteiger partial charge < -0.3 is 19.3 Å². The fourth-order valence-electron chi connectivity index (χ4n) is 3.40. The van der Waals surface area contributed by atoms with Crippen LogP contribution in [0.1, 0.15) is 60.5 Å². The Morgan fingerprint density at radius 2 is 1.76 bits per heavy atom. The number of aliphatic hydroxyl groups is 1. The van der Waals surface area contributed by atoms with E-state index >= 15 is 0 Å². The van der Waals surface area contributed by atoms with E-state index in [1.54, 1.807) is 6.07 Å². The first kappa shape index (κ1) is 21.5. The summed E-state index contributed by atoms with van der Waals surface area (Å²) < 4.78 is 16.9. The summed E-state index contributed by atoms with van der Waals surface area (Å²) in [7, 11) is 0. The van der Waals surface area contributed by atoms with Crippen molar-refractivity contribution >= 4 is 0 Å². The van der Waals surface area contributed by atoms with Crippen molar-refractivity contribution in [2.75, 3.05) is 19.8 Å². The number of nitrogens with zero attached hydrogens (tertiary/aromatic N) is 1. The molecular formula is C24H29NO4. The van der Waals surface area contributed by atoms with Gasteiger partial charge in [-0.25, -0.2) is 0 Å². The largest absolute Gasteiger partial charge is 0.392 e. The van der Waals surface area contributed by atoms with Crippen molar-refractivity contribution in [2.24, 2.45) is 0 Å². The van der Waals surface area contributed by atoms with Crippen LogP contribution in [-0.4, -0.2) is 31.2 Å². The molecule has 2 aliphatic heterocycles. The lowest BCUT2D eigenvalue weighted by atomic mass is 9.98. The lowest BCUT2D eigenvalue weighted by molar-refractivity contribution is -0.181. The lowest BCUT2D eigenvalue weighted by Crippen LogP contribution is -2.25. The van der Waals surface area contributed by atoms with Crippen molar-refractivity contribution < 1.29 is 19.3 Å². The van der Waals surface area contributed by atoms with E-state index in [1.165, 1.54) is 12.8 Å². The Labute approximate surface area is 172 Å². The maximum Gasteiger partial charge on any atom is 0.158 e. The predicted molar refractivity (Wildman–Crippen MR) is 110 cm³/mol. The minimum Gasteiger partial charge on any atom is -0.392 e. The van der Waals surface area contributed by atoms with Gasteiger partial charge in [0, 0.05) is 19.8 Å². The summed E-state index contributed by atoms with van der Waals surface area (Å²) in [6, 6.07) is 17.3. The normalized spacial score (nSPS) is 19.7. The van der Waals surface area contributed by atoms with Gasteiger partial charge in [-0.15, -0.1) is 0 Å². The number of nitriles is 1. The van der Waals surface area contributed by atoms with Gasteiger partial charge in [-0.3, -0.25) is 0 Å². The zero-order valence-corrected chi connectivity index (χ0v) is 16.8. The Morgan fingerprint density at radius 3 is 2.34 bits per heavy atom. The van der Waals surface area contributed by atoms with Crippen LogP contribution in [0.4, 0.5) is 0 Å². The molecule has 29 heavy (non-hydrogen) atoms. The third kappa shape index (κ3) is 6.66. The van der Waals surface area contributed by atoms with Gasteiger partial charge in [-0.2, -0.15) is 5.26 Å². The summed E-state index contributed by atoms with van der Waals surface area (Å²) in [5.41, 5.74) is 3.38.